The fraction of sp³-hybridized carbons (Fsp3) is 0.125. The van der Waals surface area contributed by atoms with Crippen LogP contribution in [0, 0.1) is 0 Å². The number of nitrogens with zero attached hydrogens (tertiary/aromatic N) is 2. The number of hydrogen-bond acceptors (Lipinski definition) is 5. The van der Waals surface area contributed by atoms with Crippen molar-refractivity contribution in [1.82, 2.24) is 9.97 Å². The first-order valence-electron chi connectivity index (χ1n) is 6.83. The van der Waals surface area contributed by atoms with E-state index in [0.717, 1.165) is 28.3 Å². The van der Waals surface area contributed by atoms with Crippen molar-refractivity contribution >= 4 is 26.6 Å². The van der Waals surface area contributed by atoms with Gasteiger partial charge in [-0.1, -0.05) is 12.1 Å². The summed E-state index contributed by atoms with van der Waals surface area (Å²) in [6.07, 6.45) is 4.47. The van der Waals surface area contributed by atoms with Gasteiger partial charge in [-0.15, -0.1) is 0 Å². The molecule has 2 heterocycles. The molecule has 0 atom stereocenters. The van der Waals surface area contributed by atoms with E-state index in [2.05, 4.69) is 14.7 Å². The normalized spacial score (nSPS) is 11.4. The summed E-state index contributed by atoms with van der Waals surface area (Å²) < 4.78 is 30.5. The Balaban J connectivity index is 2.09. The van der Waals surface area contributed by atoms with Gasteiger partial charge in [0.2, 0.25) is 15.9 Å². The second-order valence-corrected chi connectivity index (χ2v) is 6.81. The van der Waals surface area contributed by atoms with E-state index in [1.54, 1.807) is 18.5 Å². The van der Waals surface area contributed by atoms with E-state index in [-0.39, 0.29) is 5.88 Å². The predicted molar refractivity (Wildman–Crippen MR) is 90.0 cm³/mol. The number of anilines is 1. The van der Waals surface area contributed by atoms with Crippen LogP contribution in [0.15, 0.2) is 48.8 Å². The number of methoxy groups -OCH3 is 1. The van der Waals surface area contributed by atoms with Crippen molar-refractivity contribution in [2.45, 2.75) is 0 Å². The minimum absolute atomic E-state index is 0.224. The molecule has 0 aliphatic carbocycles. The van der Waals surface area contributed by atoms with Crippen LogP contribution in [0.1, 0.15) is 0 Å². The van der Waals surface area contributed by atoms with Crippen LogP contribution < -0.4 is 9.46 Å². The molecular formula is C16H15N3O3S. The monoisotopic (exact) mass is 329 g/mol. The molecule has 2 aromatic heterocycles. The lowest BCUT2D eigenvalue weighted by molar-refractivity contribution is 0.400. The highest BCUT2D eigenvalue weighted by Gasteiger charge is 2.12. The summed E-state index contributed by atoms with van der Waals surface area (Å²) in [6, 6.07) is 11.4. The number of nitrogens with one attached hydrogen (secondary N) is 1. The number of rotatable bonds is 4. The summed E-state index contributed by atoms with van der Waals surface area (Å²) in [7, 11) is -1.98. The molecule has 118 valence electrons. The summed E-state index contributed by atoms with van der Waals surface area (Å²) in [6.45, 7) is 0. The Morgan fingerprint density at radius 2 is 1.91 bits per heavy atom. The van der Waals surface area contributed by atoms with Gasteiger partial charge in [-0.05, 0) is 29.8 Å². The van der Waals surface area contributed by atoms with Gasteiger partial charge in [0.1, 0.15) is 5.69 Å². The maximum Gasteiger partial charge on any atom is 0.238 e. The summed E-state index contributed by atoms with van der Waals surface area (Å²) in [5.41, 5.74) is 2.89. The number of aromatic nitrogens is 2. The van der Waals surface area contributed by atoms with Crippen LogP contribution >= 0.6 is 0 Å². The molecule has 1 N–H and O–H groups in total. The third kappa shape index (κ3) is 3.40. The molecule has 0 aliphatic heterocycles. The molecule has 0 amide bonds. The largest absolute Gasteiger partial charge is 0.480 e. The lowest BCUT2D eigenvalue weighted by atomic mass is 10.0. The van der Waals surface area contributed by atoms with E-state index < -0.39 is 10.0 Å². The molecule has 0 unspecified atom stereocenters. The lowest BCUT2D eigenvalue weighted by Crippen LogP contribution is -2.11. The fourth-order valence-corrected chi connectivity index (χ4v) is 2.85. The fourth-order valence-electron chi connectivity index (χ4n) is 2.30. The molecule has 0 spiro atoms. The van der Waals surface area contributed by atoms with Crippen LogP contribution in [0.3, 0.4) is 0 Å². The molecule has 3 aromatic rings. The Bertz CT molecular complexity index is 971. The van der Waals surface area contributed by atoms with Crippen molar-refractivity contribution in [3.05, 3.63) is 48.8 Å². The predicted octanol–water partition coefficient (Wildman–Crippen LogP) is 2.68. The van der Waals surface area contributed by atoms with Gasteiger partial charge in [0, 0.05) is 23.3 Å². The molecule has 23 heavy (non-hydrogen) atoms. The molecule has 7 heteroatoms. The molecule has 1 aromatic carbocycles. The van der Waals surface area contributed by atoms with E-state index in [9.17, 15) is 8.42 Å². The molecule has 6 nitrogen and oxygen atoms in total. The summed E-state index contributed by atoms with van der Waals surface area (Å²) >= 11 is 0. The third-order valence-corrected chi connectivity index (χ3v) is 3.87. The molecular weight excluding hydrogens is 314 g/mol. The summed E-state index contributed by atoms with van der Waals surface area (Å²) in [5, 5.41) is 0.999. The zero-order valence-electron chi connectivity index (χ0n) is 12.6. The standard InChI is InChI=1S/C16H15N3O3S/c1-22-16-15(19-23(2,20)21)9-13(10-18-16)11-5-6-14-12(8-11)4-3-7-17-14/h3-10,19H,1-2H3. The summed E-state index contributed by atoms with van der Waals surface area (Å²) in [4.78, 5) is 8.46. The van der Waals surface area contributed by atoms with Gasteiger partial charge in [0.05, 0.1) is 18.9 Å². The number of hydrogen-bond donors (Lipinski definition) is 1. The van der Waals surface area contributed by atoms with E-state index in [0.29, 0.717) is 5.69 Å². The highest BCUT2D eigenvalue weighted by molar-refractivity contribution is 7.92. The SMILES string of the molecule is COc1ncc(-c2ccc3ncccc3c2)cc1NS(C)(=O)=O. The van der Waals surface area contributed by atoms with Crippen molar-refractivity contribution in [2.75, 3.05) is 18.1 Å². The maximum absolute atomic E-state index is 11.5. The van der Waals surface area contributed by atoms with Crippen molar-refractivity contribution in [3.63, 3.8) is 0 Å². The van der Waals surface area contributed by atoms with Crippen molar-refractivity contribution < 1.29 is 13.2 Å². The van der Waals surface area contributed by atoms with Crippen molar-refractivity contribution in [2.24, 2.45) is 0 Å². The second-order valence-electron chi connectivity index (χ2n) is 5.07. The lowest BCUT2D eigenvalue weighted by Gasteiger charge is -2.11. The summed E-state index contributed by atoms with van der Waals surface area (Å²) in [5.74, 6) is 0.224. The van der Waals surface area contributed by atoms with Crippen LogP contribution in [0.2, 0.25) is 0 Å². The Kier molecular flexibility index (Phi) is 3.87. The Morgan fingerprint density at radius 3 is 2.65 bits per heavy atom. The Labute approximate surface area is 134 Å². The quantitative estimate of drug-likeness (QED) is 0.796. The third-order valence-electron chi connectivity index (χ3n) is 3.28. The number of pyridine rings is 2. The molecule has 0 saturated heterocycles. The van der Waals surface area contributed by atoms with E-state index >= 15 is 0 Å². The molecule has 0 radical (unpaired) electrons. The van der Waals surface area contributed by atoms with E-state index in [1.807, 2.05) is 30.3 Å². The minimum atomic E-state index is -3.42. The molecule has 0 saturated carbocycles. The molecule has 0 aliphatic rings. The van der Waals surface area contributed by atoms with Gasteiger partial charge in [-0.3, -0.25) is 9.71 Å². The Morgan fingerprint density at radius 1 is 1.09 bits per heavy atom. The van der Waals surface area contributed by atoms with Crippen LogP contribution in [0.25, 0.3) is 22.0 Å². The molecule has 0 bridgehead atoms. The number of benzene rings is 1. The van der Waals surface area contributed by atoms with Crippen LogP contribution in [0.4, 0.5) is 5.69 Å². The number of sulfonamides is 1. The zero-order chi connectivity index (χ0) is 16.4. The molecule has 0 fully saturated rings. The topological polar surface area (TPSA) is 81.2 Å². The molecule has 3 rings (SSSR count). The first kappa shape index (κ1) is 15.2. The first-order chi connectivity index (χ1) is 11.0. The van der Waals surface area contributed by atoms with Gasteiger partial charge in [0.25, 0.3) is 0 Å². The van der Waals surface area contributed by atoms with Gasteiger partial charge < -0.3 is 4.74 Å². The highest BCUT2D eigenvalue weighted by Crippen LogP contribution is 2.30. The van der Waals surface area contributed by atoms with Gasteiger partial charge in [-0.2, -0.15) is 0 Å². The van der Waals surface area contributed by atoms with Gasteiger partial charge in [0.15, 0.2) is 0 Å². The van der Waals surface area contributed by atoms with Crippen LogP contribution in [-0.4, -0.2) is 31.8 Å². The first-order valence-corrected chi connectivity index (χ1v) is 8.72. The maximum atomic E-state index is 11.5. The van der Waals surface area contributed by atoms with E-state index in [1.165, 1.54) is 7.11 Å². The van der Waals surface area contributed by atoms with Gasteiger partial charge >= 0.3 is 0 Å². The average molecular weight is 329 g/mol. The van der Waals surface area contributed by atoms with Crippen molar-refractivity contribution in [3.8, 4) is 17.0 Å². The van der Waals surface area contributed by atoms with Crippen LogP contribution in [0.5, 0.6) is 5.88 Å². The Hall–Kier alpha value is -2.67. The highest BCUT2D eigenvalue weighted by atomic mass is 32.2. The smallest absolute Gasteiger partial charge is 0.238 e. The van der Waals surface area contributed by atoms with Gasteiger partial charge in [-0.25, -0.2) is 13.4 Å². The second kappa shape index (κ2) is 5.85. The van der Waals surface area contributed by atoms with E-state index in [4.69, 9.17) is 4.74 Å². The van der Waals surface area contributed by atoms with Crippen LogP contribution in [-0.2, 0) is 10.0 Å². The number of ether oxygens (including phenoxy) is 1. The average Bonchev–Trinajstić information content (AvgIpc) is 2.53. The minimum Gasteiger partial charge on any atom is -0.480 e. The van der Waals surface area contributed by atoms with Crippen molar-refractivity contribution in [1.29, 1.82) is 0 Å². The number of fused-ring (bicyclic) bond motifs is 1. The zero-order valence-corrected chi connectivity index (χ0v) is 13.5.